The van der Waals surface area contributed by atoms with Crippen LogP contribution in [0, 0.1) is 11.6 Å². The van der Waals surface area contributed by atoms with Gasteiger partial charge in [0.25, 0.3) is 11.9 Å². The van der Waals surface area contributed by atoms with Gasteiger partial charge in [-0.05, 0) is 60.7 Å². The van der Waals surface area contributed by atoms with Crippen LogP contribution in [0.3, 0.4) is 0 Å². The minimum absolute atomic E-state index is 0.0892. The number of carbonyl (C=O) groups excluding carboxylic acids is 2. The highest BCUT2D eigenvalue weighted by atomic mass is 19.4. The predicted octanol–water partition coefficient (Wildman–Crippen LogP) is 6.36. The van der Waals surface area contributed by atoms with Crippen molar-refractivity contribution in [1.29, 1.82) is 0 Å². The van der Waals surface area contributed by atoms with Crippen LogP contribution < -0.4 is 20.4 Å². The first-order valence-corrected chi connectivity index (χ1v) is 15.0. The van der Waals surface area contributed by atoms with E-state index in [0.29, 0.717) is 57.9 Å². The molecule has 0 unspecified atom stereocenters. The van der Waals surface area contributed by atoms with Gasteiger partial charge in [0.05, 0.1) is 17.6 Å². The molecule has 6 rings (SSSR count). The summed E-state index contributed by atoms with van der Waals surface area (Å²) in [6.45, 7) is 2.24. The molecule has 4 aromatic rings. The monoisotopic (exact) mass is 655 g/mol. The smallest absolute Gasteiger partial charge is 0.417 e. The van der Waals surface area contributed by atoms with E-state index < -0.39 is 35.4 Å². The average molecular weight is 656 g/mol. The van der Waals surface area contributed by atoms with Crippen molar-refractivity contribution < 1.29 is 36.0 Å². The Balaban J connectivity index is 1.05. The fourth-order valence-corrected chi connectivity index (χ4v) is 5.66. The van der Waals surface area contributed by atoms with Crippen molar-refractivity contribution in [3.8, 4) is 0 Å². The second kappa shape index (κ2) is 13.3. The van der Waals surface area contributed by atoms with Gasteiger partial charge in [0.2, 0.25) is 5.76 Å². The van der Waals surface area contributed by atoms with Crippen molar-refractivity contribution in [2.45, 2.75) is 24.9 Å². The molecule has 2 saturated heterocycles. The Labute approximate surface area is 266 Å². The molecular formula is C32H30F5N7O3. The summed E-state index contributed by atoms with van der Waals surface area (Å²) in [6.07, 6.45) is -2.44. The van der Waals surface area contributed by atoms with Gasteiger partial charge in [-0.3, -0.25) is 4.79 Å². The third-order valence-corrected chi connectivity index (χ3v) is 8.21. The van der Waals surface area contributed by atoms with Gasteiger partial charge in [0.15, 0.2) is 5.69 Å². The van der Waals surface area contributed by atoms with Crippen LogP contribution in [-0.2, 0) is 6.18 Å². The van der Waals surface area contributed by atoms with Gasteiger partial charge in [0.1, 0.15) is 17.5 Å². The lowest BCUT2D eigenvalue weighted by Gasteiger charge is -2.35. The average Bonchev–Trinajstić information content (AvgIpc) is 3.54. The second-order valence-corrected chi connectivity index (χ2v) is 11.2. The number of piperidine rings is 1. The Kier molecular flexibility index (Phi) is 8.96. The Hall–Kier alpha value is -5.21. The zero-order chi connectivity index (χ0) is 33.1. The van der Waals surface area contributed by atoms with Crippen LogP contribution in [0.2, 0.25) is 0 Å². The SMILES string of the molecule is O=C(Nc1ccc(N2CCN(C(=O)Nc3ccccc3F)CC2)nc1)c1oc(N2CCC(c3ccc(F)cc3)CC2)nc1C(F)(F)F. The van der Waals surface area contributed by atoms with E-state index in [2.05, 4.69) is 20.6 Å². The number of urea groups is 1. The second-order valence-electron chi connectivity index (χ2n) is 11.2. The highest BCUT2D eigenvalue weighted by Crippen LogP contribution is 2.36. The minimum Gasteiger partial charge on any atom is -0.417 e. The number of rotatable bonds is 6. The number of hydrogen-bond donors (Lipinski definition) is 2. The Morgan fingerprint density at radius 3 is 2.17 bits per heavy atom. The van der Waals surface area contributed by atoms with Crippen molar-refractivity contribution >= 4 is 35.1 Å². The molecule has 2 aliphatic heterocycles. The van der Waals surface area contributed by atoms with Gasteiger partial charge in [-0.1, -0.05) is 24.3 Å². The number of piperazine rings is 1. The number of nitrogens with zero attached hydrogens (tertiary/aromatic N) is 5. The number of halogens is 5. The number of amides is 3. The number of aromatic nitrogens is 2. The summed E-state index contributed by atoms with van der Waals surface area (Å²) < 4.78 is 74.3. The van der Waals surface area contributed by atoms with E-state index in [0.717, 1.165) is 5.56 Å². The molecule has 15 heteroatoms. The van der Waals surface area contributed by atoms with E-state index >= 15 is 0 Å². The van der Waals surface area contributed by atoms with E-state index in [-0.39, 0.29) is 29.1 Å². The fourth-order valence-electron chi connectivity index (χ4n) is 5.66. The third kappa shape index (κ3) is 7.28. The molecule has 3 amide bonds. The summed E-state index contributed by atoms with van der Waals surface area (Å²) in [5.41, 5.74) is -0.244. The van der Waals surface area contributed by atoms with Crippen LogP contribution in [-0.4, -0.2) is 66.1 Å². The van der Waals surface area contributed by atoms with Crippen molar-refractivity contribution in [2.75, 3.05) is 59.7 Å². The fraction of sp³-hybridized carbons (Fsp3) is 0.312. The number of nitrogens with one attached hydrogen (secondary N) is 2. The maximum atomic E-state index is 13.9. The lowest BCUT2D eigenvalue weighted by molar-refractivity contribution is -0.141. The van der Waals surface area contributed by atoms with Gasteiger partial charge >= 0.3 is 12.2 Å². The first-order valence-electron chi connectivity index (χ1n) is 15.0. The zero-order valence-electron chi connectivity index (χ0n) is 24.9. The molecule has 0 aliphatic carbocycles. The highest BCUT2D eigenvalue weighted by molar-refractivity contribution is 6.03. The molecule has 2 fully saturated rings. The Morgan fingerprint density at radius 2 is 1.53 bits per heavy atom. The quantitative estimate of drug-likeness (QED) is 0.233. The van der Waals surface area contributed by atoms with Crippen LogP contribution in [0.25, 0.3) is 0 Å². The molecule has 47 heavy (non-hydrogen) atoms. The van der Waals surface area contributed by atoms with Crippen molar-refractivity contribution in [3.63, 3.8) is 0 Å². The summed E-state index contributed by atoms with van der Waals surface area (Å²) >= 11 is 0. The van der Waals surface area contributed by atoms with Gasteiger partial charge in [-0.25, -0.2) is 18.6 Å². The van der Waals surface area contributed by atoms with Crippen LogP contribution in [0.5, 0.6) is 0 Å². The van der Waals surface area contributed by atoms with E-state index in [9.17, 15) is 31.5 Å². The van der Waals surface area contributed by atoms with Crippen LogP contribution in [0.4, 0.5) is 50.0 Å². The number of carbonyl (C=O) groups is 2. The molecule has 246 valence electrons. The summed E-state index contributed by atoms with van der Waals surface area (Å²) in [7, 11) is 0. The van der Waals surface area contributed by atoms with Crippen LogP contribution in [0.1, 0.15) is 40.6 Å². The van der Waals surface area contributed by atoms with E-state index in [4.69, 9.17) is 4.42 Å². The molecule has 0 spiro atoms. The molecule has 10 nitrogen and oxygen atoms in total. The minimum atomic E-state index is -4.93. The molecule has 0 saturated carbocycles. The summed E-state index contributed by atoms with van der Waals surface area (Å²) in [5, 5.41) is 4.96. The molecule has 0 radical (unpaired) electrons. The highest BCUT2D eigenvalue weighted by Gasteiger charge is 2.42. The lowest BCUT2D eigenvalue weighted by atomic mass is 9.89. The van der Waals surface area contributed by atoms with Gasteiger partial charge in [-0.15, -0.1) is 0 Å². The number of anilines is 4. The number of pyridine rings is 1. The van der Waals surface area contributed by atoms with Crippen molar-refractivity contribution in [3.05, 3.63) is 95.5 Å². The van der Waals surface area contributed by atoms with Gasteiger partial charge in [0, 0.05) is 39.3 Å². The topological polar surface area (TPSA) is 107 Å². The first kappa shape index (κ1) is 31.8. The summed E-state index contributed by atoms with van der Waals surface area (Å²) in [5.74, 6) is -2.31. The molecule has 2 aromatic carbocycles. The molecule has 4 heterocycles. The maximum Gasteiger partial charge on any atom is 0.437 e. The molecule has 2 aromatic heterocycles. The maximum absolute atomic E-state index is 13.9. The normalized spacial score (nSPS) is 15.9. The summed E-state index contributed by atoms with van der Waals surface area (Å²) in [4.78, 5) is 38.5. The van der Waals surface area contributed by atoms with Gasteiger partial charge < -0.3 is 29.8 Å². The van der Waals surface area contributed by atoms with Gasteiger partial charge in [-0.2, -0.15) is 18.2 Å². The molecular weight excluding hydrogens is 625 g/mol. The van der Waals surface area contributed by atoms with Crippen molar-refractivity contribution in [1.82, 2.24) is 14.9 Å². The molecule has 2 N–H and O–H groups in total. The van der Waals surface area contributed by atoms with E-state index in [1.807, 2.05) is 4.90 Å². The Morgan fingerprint density at radius 1 is 0.830 bits per heavy atom. The van der Waals surface area contributed by atoms with Crippen LogP contribution in [0.15, 0.2) is 71.3 Å². The number of hydrogen-bond acceptors (Lipinski definition) is 7. The van der Waals surface area contributed by atoms with Crippen molar-refractivity contribution in [2.24, 2.45) is 0 Å². The first-order chi connectivity index (χ1) is 22.5. The van der Waals surface area contributed by atoms with Crippen LogP contribution >= 0.6 is 0 Å². The predicted molar refractivity (Wildman–Crippen MR) is 163 cm³/mol. The molecule has 2 aliphatic rings. The Bertz CT molecular complexity index is 1710. The number of benzene rings is 2. The molecule has 0 atom stereocenters. The largest absolute Gasteiger partial charge is 0.437 e. The van der Waals surface area contributed by atoms with E-state index in [1.54, 1.807) is 34.1 Å². The summed E-state index contributed by atoms with van der Waals surface area (Å²) in [6, 6.07) is 14.4. The zero-order valence-corrected chi connectivity index (χ0v) is 24.9. The standard InChI is InChI=1S/C32H30F5N7O3/c33-22-7-5-20(6-8-22)21-11-13-44(14-12-21)31-41-28(32(35,36)37)27(47-31)29(45)39-23-9-10-26(38-19-23)42-15-17-43(18-16-42)30(46)40-25-4-2-1-3-24(25)34/h1-10,19,21H,11-18H2,(H,39,45)(H,40,46). The third-order valence-electron chi connectivity index (χ3n) is 8.21. The van der Waals surface area contributed by atoms with E-state index in [1.165, 1.54) is 42.6 Å². The lowest BCUT2D eigenvalue weighted by Crippen LogP contribution is -2.50. The number of para-hydroxylation sites is 1. The number of alkyl halides is 3. The molecule has 0 bridgehead atoms. The number of oxazole rings is 1.